The first-order valence-corrected chi connectivity index (χ1v) is 16.1. The molecule has 0 saturated heterocycles. The molecular formula is C32H34ClFN2O6S. The van der Waals surface area contributed by atoms with Gasteiger partial charge in [-0.1, -0.05) is 29.8 Å². The minimum Gasteiger partial charge on any atom is -0.486 e. The van der Waals surface area contributed by atoms with Gasteiger partial charge in [0.15, 0.2) is 4.90 Å². The van der Waals surface area contributed by atoms with Crippen molar-refractivity contribution in [2.75, 3.05) is 24.6 Å². The third-order valence-corrected chi connectivity index (χ3v) is 9.88. The third kappa shape index (κ3) is 6.35. The first kappa shape index (κ1) is 30.8. The molecule has 0 fully saturated rings. The van der Waals surface area contributed by atoms with Crippen LogP contribution >= 0.6 is 11.6 Å². The molecule has 0 bridgehead atoms. The second kappa shape index (κ2) is 12.9. The molecule has 0 amide bonds. The number of halogens is 2. The molecule has 1 aliphatic heterocycles. The van der Waals surface area contributed by atoms with E-state index in [1.165, 1.54) is 23.5 Å². The van der Waals surface area contributed by atoms with Gasteiger partial charge in [-0.15, -0.1) is 0 Å². The van der Waals surface area contributed by atoms with Crippen molar-refractivity contribution >= 4 is 44.9 Å². The van der Waals surface area contributed by atoms with Gasteiger partial charge in [0.25, 0.3) is 10.0 Å². The minimum atomic E-state index is -4.21. The highest BCUT2D eigenvalue weighted by molar-refractivity contribution is 7.93. The number of sulfonamides is 1. The zero-order chi connectivity index (χ0) is 30.7. The molecule has 2 aliphatic rings. The number of hydrogen-bond donors (Lipinski definition) is 0. The SMILES string of the molecule is CCOc1ncc2c(c1S(=O)(=O)N1C[C@H](CCC(=O)OC)Oc3ccc(/C=C(\C)c4c(F)cccc4Cl)cc31)CCCC2. The van der Waals surface area contributed by atoms with Crippen molar-refractivity contribution in [3.05, 3.63) is 75.7 Å². The molecule has 5 rings (SSSR count). The zero-order valence-electron chi connectivity index (χ0n) is 24.4. The van der Waals surface area contributed by atoms with Crippen molar-refractivity contribution in [2.24, 2.45) is 0 Å². The van der Waals surface area contributed by atoms with Crippen LogP contribution in [0.5, 0.6) is 11.6 Å². The first-order chi connectivity index (χ1) is 20.6. The fourth-order valence-corrected chi connectivity index (χ4v) is 7.82. The lowest BCUT2D eigenvalue weighted by Gasteiger charge is -2.36. The summed E-state index contributed by atoms with van der Waals surface area (Å²) >= 11 is 6.29. The molecule has 3 aromatic rings. The smallest absolute Gasteiger partial charge is 0.305 e. The van der Waals surface area contributed by atoms with Gasteiger partial charge in [0, 0.05) is 18.2 Å². The molecule has 2 heterocycles. The summed E-state index contributed by atoms with van der Waals surface area (Å²) in [6, 6.07) is 9.65. The molecule has 0 radical (unpaired) electrons. The van der Waals surface area contributed by atoms with Crippen LogP contribution in [0.3, 0.4) is 0 Å². The second-order valence-electron chi connectivity index (χ2n) is 10.6. The lowest BCUT2D eigenvalue weighted by atomic mass is 9.93. The van der Waals surface area contributed by atoms with E-state index in [0.717, 1.165) is 30.4 Å². The quantitative estimate of drug-likeness (QED) is 0.194. The van der Waals surface area contributed by atoms with Crippen molar-refractivity contribution in [1.29, 1.82) is 0 Å². The lowest BCUT2D eigenvalue weighted by Crippen LogP contribution is -2.44. The average molecular weight is 629 g/mol. The molecule has 0 unspecified atom stereocenters. The number of carbonyl (C=O) groups excluding carboxylic acids is 1. The maximum absolute atomic E-state index is 14.7. The Hall–Kier alpha value is -3.63. The summed E-state index contributed by atoms with van der Waals surface area (Å²) in [5, 5.41) is 0.275. The van der Waals surface area contributed by atoms with E-state index in [1.54, 1.807) is 50.4 Å². The van der Waals surface area contributed by atoms with Crippen molar-refractivity contribution in [1.82, 2.24) is 4.98 Å². The highest BCUT2D eigenvalue weighted by Gasteiger charge is 2.39. The Morgan fingerprint density at radius 2 is 2.02 bits per heavy atom. The molecule has 0 N–H and O–H groups in total. The molecule has 8 nitrogen and oxygen atoms in total. The van der Waals surface area contributed by atoms with E-state index in [0.29, 0.717) is 29.0 Å². The highest BCUT2D eigenvalue weighted by atomic mass is 35.5. The molecular weight excluding hydrogens is 595 g/mol. The number of ether oxygens (including phenoxy) is 3. The van der Waals surface area contributed by atoms with Gasteiger partial charge in [0.2, 0.25) is 5.88 Å². The predicted octanol–water partition coefficient (Wildman–Crippen LogP) is 6.62. The minimum absolute atomic E-state index is 0.0349. The number of esters is 1. The Bertz CT molecular complexity index is 1660. The van der Waals surface area contributed by atoms with E-state index < -0.39 is 27.9 Å². The molecule has 1 atom stereocenters. The number of carbonyl (C=O) groups is 1. The van der Waals surface area contributed by atoms with Crippen LogP contribution in [0.25, 0.3) is 11.6 Å². The summed E-state index contributed by atoms with van der Waals surface area (Å²) in [5.41, 5.74) is 3.43. The normalized spacial score (nSPS) is 16.6. The van der Waals surface area contributed by atoms with E-state index in [1.807, 2.05) is 0 Å². The summed E-state index contributed by atoms with van der Waals surface area (Å²) in [6.07, 6.45) is 6.34. The van der Waals surface area contributed by atoms with Gasteiger partial charge < -0.3 is 14.2 Å². The van der Waals surface area contributed by atoms with Crippen LogP contribution in [0.1, 0.15) is 61.8 Å². The van der Waals surface area contributed by atoms with Crippen LogP contribution in [0, 0.1) is 5.82 Å². The largest absolute Gasteiger partial charge is 0.486 e. The molecule has 43 heavy (non-hydrogen) atoms. The number of allylic oxidation sites excluding steroid dienone is 1. The topological polar surface area (TPSA) is 95.0 Å². The summed E-state index contributed by atoms with van der Waals surface area (Å²) in [5.74, 6) is -0.445. The molecule has 0 saturated carbocycles. The van der Waals surface area contributed by atoms with E-state index in [4.69, 9.17) is 25.8 Å². The van der Waals surface area contributed by atoms with Crippen molar-refractivity contribution < 1.29 is 31.8 Å². The number of anilines is 1. The van der Waals surface area contributed by atoms with Gasteiger partial charge in [0.05, 0.1) is 31.0 Å². The second-order valence-corrected chi connectivity index (χ2v) is 12.8. The zero-order valence-corrected chi connectivity index (χ0v) is 25.9. The molecule has 0 spiro atoms. The number of benzene rings is 2. The fourth-order valence-electron chi connectivity index (χ4n) is 5.64. The van der Waals surface area contributed by atoms with E-state index in [-0.39, 0.29) is 47.4 Å². The van der Waals surface area contributed by atoms with Gasteiger partial charge >= 0.3 is 5.97 Å². The molecule has 1 aliphatic carbocycles. The average Bonchev–Trinajstić information content (AvgIpc) is 2.99. The molecule has 228 valence electrons. The highest BCUT2D eigenvalue weighted by Crippen LogP contribution is 2.43. The molecule has 11 heteroatoms. The van der Waals surface area contributed by atoms with Crippen LogP contribution in [0.4, 0.5) is 10.1 Å². The Balaban J connectivity index is 1.63. The number of methoxy groups -OCH3 is 1. The van der Waals surface area contributed by atoms with Gasteiger partial charge in [-0.05, 0) is 92.5 Å². The Labute approximate surface area is 256 Å². The van der Waals surface area contributed by atoms with E-state index in [9.17, 15) is 17.6 Å². The van der Waals surface area contributed by atoms with Crippen LogP contribution in [0.2, 0.25) is 5.02 Å². The number of aromatic nitrogens is 1. The van der Waals surface area contributed by atoms with Gasteiger partial charge in [0.1, 0.15) is 17.7 Å². The number of nitrogens with zero attached hydrogens (tertiary/aromatic N) is 2. The van der Waals surface area contributed by atoms with Crippen molar-refractivity contribution in [2.45, 2.75) is 63.4 Å². The number of pyridine rings is 1. The first-order valence-electron chi connectivity index (χ1n) is 14.3. The standard InChI is InChI=1S/C32H34ClFN2O6S/c1-4-41-32-31(24-9-6-5-8-22(24)18-35-32)43(38,39)36-19-23(13-15-29(37)40-3)42-28-14-12-21(17-27(28)36)16-20(2)30-25(33)10-7-11-26(30)34/h7,10-12,14,16-18,23H,4-6,8-9,13,15,19H2,1-3H3/b20-16+/t23-/m0/s1. The van der Waals surface area contributed by atoms with Crippen LogP contribution in [-0.4, -0.2) is 45.7 Å². The van der Waals surface area contributed by atoms with Crippen LogP contribution < -0.4 is 13.8 Å². The molecule has 1 aromatic heterocycles. The Morgan fingerprint density at radius 1 is 1.23 bits per heavy atom. The molecule has 2 aromatic carbocycles. The Morgan fingerprint density at radius 3 is 2.77 bits per heavy atom. The van der Waals surface area contributed by atoms with E-state index in [2.05, 4.69) is 4.98 Å². The number of rotatable bonds is 9. The maximum atomic E-state index is 14.7. The predicted molar refractivity (Wildman–Crippen MR) is 164 cm³/mol. The van der Waals surface area contributed by atoms with Crippen molar-refractivity contribution in [3.8, 4) is 11.6 Å². The Kier molecular flexibility index (Phi) is 9.27. The number of fused-ring (bicyclic) bond motifs is 2. The van der Waals surface area contributed by atoms with Gasteiger partial charge in [-0.2, -0.15) is 0 Å². The lowest BCUT2D eigenvalue weighted by molar-refractivity contribution is -0.141. The van der Waals surface area contributed by atoms with Crippen molar-refractivity contribution in [3.63, 3.8) is 0 Å². The third-order valence-electron chi connectivity index (χ3n) is 7.70. The summed E-state index contributed by atoms with van der Waals surface area (Å²) in [7, 11) is -2.90. The fraction of sp³-hybridized carbons (Fsp3) is 0.375. The summed E-state index contributed by atoms with van der Waals surface area (Å²) in [4.78, 5) is 16.4. The number of hydrogen-bond acceptors (Lipinski definition) is 7. The maximum Gasteiger partial charge on any atom is 0.305 e. The van der Waals surface area contributed by atoms with Gasteiger partial charge in [-0.25, -0.2) is 17.8 Å². The number of aryl methyl sites for hydroxylation is 1. The summed E-state index contributed by atoms with van der Waals surface area (Å²) < 4.78 is 62.1. The van der Waals surface area contributed by atoms with E-state index >= 15 is 0 Å². The van der Waals surface area contributed by atoms with Crippen LogP contribution in [-0.2, 0) is 32.4 Å². The van der Waals surface area contributed by atoms with Gasteiger partial charge in [-0.3, -0.25) is 9.10 Å². The monoisotopic (exact) mass is 628 g/mol. The summed E-state index contributed by atoms with van der Waals surface area (Å²) in [6.45, 7) is 3.75. The van der Waals surface area contributed by atoms with Crippen LogP contribution in [0.15, 0.2) is 47.5 Å².